The van der Waals surface area contributed by atoms with Crippen molar-refractivity contribution in [2.45, 2.75) is 6.42 Å². The maximum Gasteiger partial charge on any atom is 0.138 e. The fraction of sp³-hybridized carbons (Fsp3) is 0.500. The van der Waals surface area contributed by atoms with Gasteiger partial charge in [-0.2, -0.15) is 5.10 Å². The molecule has 0 bridgehead atoms. The molecule has 2 rings (SSSR count). The van der Waals surface area contributed by atoms with Crippen LogP contribution < -0.4 is 10.4 Å². The third-order valence-corrected chi connectivity index (χ3v) is 1.64. The van der Waals surface area contributed by atoms with Gasteiger partial charge in [0.15, 0.2) is 0 Å². The summed E-state index contributed by atoms with van der Waals surface area (Å²) in [7, 11) is 0. The highest BCUT2D eigenvalue weighted by Crippen LogP contribution is 2.08. The number of hydrogen-bond donors (Lipinski definition) is 2. The SMILES string of the molecule is c1cc(N2CCCN2)[nH]n1. The van der Waals surface area contributed by atoms with E-state index in [0.29, 0.717) is 0 Å². The van der Waals surface area contributed by atoms with Gasteiger partial charge in [0.1, 0.15) is 5.82 Å². The predicted octanol–water partition coefficient (Wildman–Crippen LogP) is 0.124. The zero-order chi connectivity index (χ0) is 6.81. The van der Waals surface area contributed by atoms with Gasteiger partial charge in [-0.15, -0.1) is 0 Å². The van der Waals surface area contributed by atoms with Gasteiger partial charge in [-0.1, -0.05) is 0 Å². The smallest absolute Gasteiger partial charge is 0.138 e. The van der Waals surface area contributed by atoms with E-state index < -0.39 is 0 Å². The average molecular weight is 138 g/mol. The maximum atomic E-state index is 3.86. The molecule has 4 heteroatoms. The second kappa shape index (κ2) is 2.30. The lowest BCUT2D eigenvalue weighted by molar-refractivity contribution is 0.770. The molecular formula is C6H10N4. The molecule has 1 aliphatic heterocycles. The number of aromatic amines is 1. The molecular weight excluding hydrogens is 128 g/mol. The van der Waals surface area contributed by atoms with Gasteiger partial charge >= 0.3 is 0 Å². The van der Waals surface area contributed by atoms with Gasteiger partial charge in [-0.3, -0.25) is 10.1 Å². The van der Waals surface area contributed by atoms with Crippen LogP contribution in [0.2, 0.25) is 0 Å². The molecule has 0 saturated carbocycles. The lowest BCUT2D eigenvalue weighted by Gasteiger charge is -2.13. The highest BCUT2D eigenvalue weighted by atomic mass is 15.6. The van der Waals surface area contributed by atoms with E-state index >= 15 is 0 Å². The lowest BCUT2D eigenvalue weighted by atomic mass is 10.5. The molecule has 54 valence electrons. The van der Waals surface area contributed by atoms with Gasteiger partial charge in [0.05, 0.1) is 6.20 Å². The van der Waals surface area contributed by atoms with Gasteiger partial charge in [0.25, 0.3) is 0 Å². The van der Waals surface area contributed by atoms with E-state index in [2.05, 4.69) is 20.6 Å². The van der Waals surface area contributed by atoms with Crippen molar-refractivity contribution in [2.24, 2.45) is 0 Å². The molecule has 4 nitrogen and oxygen atoms in total. The Labute approximate surface area is 59.2 Å². The van der Waals surface area contributed by atoms with Crippen molar-refractivity contribution in [1.29, 1.82) is 0 Å². The highest BCUT2D eigenvalue weighted by Gasteiger charge is 2.11. The molecule has 1 aromatic rings. The van der Waals surface area contributed by atoms with Crippen LogP contribution in [0.3, 0.4) is 0 Å². The Morgan fingerprint density at radius 2 is 2.60 bits per heavy atom. The third kappa shape index (κ3) is 0.863. The van der Waals surface area contributed by atoms with Crippen molar-refractivity contribution in [3.8, 4) is 0 Å². The number of hydrazine groups is 1. The number of nitrogens with one attached hydrogen (secondary N) is 2. The molecule has 0 radical (unpaired) electrons. The van der Waals surface area contributed by atoms with Crippen LogP contribution in [-0.4, -0.2) is 23.3 Å². The van der Waals surface area contributed by atoms with Crippen LogP contribution in [0.25, 0.3) is 0 Å². The fourth-order valence-corrected chi connectivity index (χ4v) is 1.13. The van der Waals surface area contributed by atoms with Gasteiger partial charge in [0.2, 0.25) is 0 Å². The number of nitrogens with zero attached hydrogens (tertiary/aromatic N) is 2. The van der Waals surface area contributed by atoms with Crippen LogP contribution in [-0.2, 0) is 0 Å². The Hall–Kier alpha value is -1.03. The number of rotatable bonds is 1. The first kappa shape index (κ1) is 5.73. The van der Waals surface area contributed by atoms with Crippen LogP contribution in [0.15, 0.2) is 12.3 Å². The molecule has 0 unspecified atom stereocenters. The van der Waals surface area contributed by atoms with Crippen molar-refractivity contribution < 1.29 is 0 Å². The van der Waals surface area contributed by atoms with E-state index in [4.69, 9.17) is 0 Å². The summed E-state index contributed by atoms with van der Waals surface area (Å²) in [5.74, 6) is 1.05. The quantitative estimate of drug-likeness (QED) is 0.579. The summed E-state index contributed by atoms with van der Waals surface area (Å²) in [6.07, 6.45) is 2.97. The molecule has 1 saturated heterocycles. The second-order valence-corrected chi connectivity index (χ2v) is 2.36. The minimum Gasteiger partial charge on any atom is -0.293 e. The van der Waals surface area contributed by atoms with E-state index in [1.165, 1.54) is 6.42 Å². The maximum absolute atomic E-state index is 3.86. The van der Waals surface area contributed by atoms with Crippen molar-refractivity contribution in [2.75, 3.05) is 18.1 Å². The molecule has 0 amide bonds. The minimum atomic E-state index is 1.05. The van der Waals surface area contributed by atoms with Crippen LogP contribution >= 0.6 is 0 Å². The Balaban J connectivity index is 2.12. The summed E-state index contributed by atoms with van der Waals surface area (Å²) in [5, 5.41) is 8.83. The molecule has 2 heterocycles. The van der Waals surface area contributed by atoms with E-state index in [-0.39, 0.29) is 0 Å². The summed E-state index contributed by atoms with van der Waals surface area (Å²) in [5.41, 5.74) is 3.22. The summed E-state index contributed by atoms with van der Waals surface area (Å²) in [6, 6.07) is 1.96. The molecule has 0 spiro atoms. The number of anilines is 1. The van der Waals surface area contributed by atoms with E-state index in [1.807, 2.05) is 6.07 Å². The van der Waals surface area contributed by atoms with E-state index in [9.17, 15) is 0 Å². The Morgan fingerprint density at radius 1 is 1.60 bits per heavy atom. The summed E-state index contributed by atoms with van der Waals surface area (Å²) in [4.78, 5) is 0. The summed E-state index contributed by atoms with van der Waals surface area (Å²) >= 11 is 0. The van der Waals surface area contributed by atoms with Crippen molar-refractivity contribution >= 4 is 5.82 Å². The van der Waals surface area contributed by atoms with Crippen LogP contribution in [0.5, 0.6) is 0 Å². The Morgan fingerprint density at radius 3 is 3.20 bits per heavy atom. The van der Waals surface area contributed by atoms with Crippen molar-refractivity contribution in [3.63, 3.8) is 0 Å². The van der Waals surface area contributed by atoms with E-state index in [0.717, 1.165) is 18.9 Å². The zero-order valence-corrected chi connectivity index (χ0v) is 5.67. The first-order chi connectivity index (χ1) is 4.97. The third-order valence-electron chi connectivity index (χ3n) is 1.64. The van der Waals surface area contributed by atoms with E-state index in [1.54, 1.807) is 6.20 Å². The highest BCUT2D eigenvalue weighted by molar-refractivity contribution is 5.35. The Bertz CT molecular complexity index is 188. The van der Waals surface area contributed by atoms with Crippen LogP contribution in [0, 0.1) is 0 Å². The van der Waals surface area contributed by atoms with Crippen molar-refractivity contribution in [1.82, 2.24) is 15.6 Å². The van der Waals surface area contributed by atoms with Gasteiger partial charge in [-0.05, 0) is 6.42 Å². The molecule has 1 aliphatic rings. The van der Waals surface area contributed by atoms with Gasteiger partial charge < -0.3 is 0 Å². The summed E-state index contributed by atoms with van der Waals surface area (Å²) < 4.78 is 0. The minimum absolute atomic E-state index is 1.05. The predicted molar refractivity (Wildman–Crippen MR) is 38.6 cm³/mol. The first-order valence-corrected chi connectivity index (χ1v) is 3.47. The number of aromatic nitrogens is 2. The fourth-order valence-electron chi connectivity index (χ4n) is 1.13. The topological polar surface area (TPSA) is 44.0 Å². The molecule has 1 fully saturated rings. The zero-order valence-electron chi connectivity index (χ0n) is 5.67. The molecule has 0 aromatic carbocycles. The van der Waals surface area contributed by atoms with Crippen LogP contribution in [0.4, 0.5) is 5.82 Å². The standard InChI is InChI=1S/C6H10N4/c1-3-8-10(5-1)6-2-4-7-9-6/h2,4,8H,1,3,5H2,(H,7,9). The Kier molecular flexibility index (Phi) is 1.32. The molecule has 2 N–H and O–H groups in total. The number of H-pyrrole nitrogens is 1. The summed E-state index contributed by atoms with van der Waals surface area (Å²) in [6.45, 7) is 2.14. The molecule has 0 atom stereocenters. The molecule has 10 heavy (non-hydrogen) atoms. The normalized spacial score (nSPS) is 18.2. The second-order valence-electron chi connectivity index (χ2n) is 2.36. The average Bonchev–Trinajstić information content (AvgIpc) is 2.59. The van der Waals surface area contributed by atoms with Gasteiger partial charge in [-0.25, -0.2) is 5.43 Å². The monoisotopic (exact) mass is 138 g/mol. The van der Waals surface area contributed by atoms with Crippen molar-refractivity contribution in [3.05, 3.63) is 12.3 Å². The lowest BCUT2D eigenvalue weighted by Crippen LogP contribution is -2.30. The molecule has 0 aliphatic carbocycles. The first-order valence-electron chi connectivity index (χ1n) is 3.47. The van der Waals surface area contributed by atoms with Gasteiger partial charge in [0, 0.05) is 19.2 Å². The number of hydrogen-bond acceptors (Lipinski definition) is 3. The van der Waals surface area contributed by atoms with Crippen LogP contribution in [0.1, 0.15) is 6.42 Å². The molecule has 1 aromatic heterocycles. The largest absolute Gasteiger partial charge is 0.293 e.